The Morgan fingerprint density at radius 1 is 1.21 bits per heavy atom. The third kappa shape index (κ3) is 3.41. The number of thioether (sulfide) groups is 1. The number of benzene rings is 1. The first-order valence-corrected chi connectivity index (χ1v) is 8.22. The Bertz CT molecular complexity index is 889. The molecule has 2 aromatic heterocycles. The number of nitrogens with one attached hydrogen (secondary N) is 1. The summed E-state index contributed by atoms with van der Waals surface area (Å²) in [5.74, 6) is -0.637. The lowest BCUT2D eigenvalue weighted by Gasteiger charge is -2.11. The molecule has 3 aromatic rings. The van der Waals surface area contributed by atoms with Crippen molar-refractivity contribution in [3.8, 4) is 0 Å². The molecule has 0 fully saturated rings. The first-order valence-electron chi connectivity index (χ1n) is 7.34. The lowest BCUT2D eigenvalue weighted by atomic mass is 10.2. The summed E-state index contributed by atoms with van der Waals surface area (Å²) < 4.78 is 1.94. The minimum absolute atomic E-state index is 0.139. The van der Waals surface area contributed by atoms with E-state index in [0.717, 1.165) is 10.7 Å². The van der Waals surface area contributed by atoms with Gasteiger partial charge in [0.05, 0.1) is 17.0 Å². The minimum Gasteiger partial charge on any atom is -0.366 e. The molecule has 0 saturated heterocycles. The molecular formula is C17H16N4O2S. The van der Waals surface area contributed by atoms with E-state index < -0.39 is 5.91 Å². The van der Waals surface area contributed by atoms with E-state index in [4.69, 9.17) is 5.73 Å². The van der Waals surface area contributed by atoms with E-state index in [2.05, 4.69) is 10.3 Å². The van der Waals surface area contributed by atoms with Gasteiger partial charge in [0, 0.05) is 17.4 Å². The fourth-order valence-electron chi connectivity index (χ4n) is 2.18. The summed E-state index contributed by atoms with van der Waals surface area (Å²) in [5.41, 5.74) is 7.19. The van der Waals surface area contributed by atoms with Crippen LogP contribution in [0.1, 0.15) is 17.3 Å². The maximum Gasteiger partial charge on any atom is 0.248 e. The Kier molecular flexibility index (Phi) is 4.52. The lowest BCUT2D eigenvalue weighted by Crippen LogP contribution is -2.22. The van der Waals surface area contributed by atoms with Crippen molar-refractivity contribution in [1.29, 1.82) is 0 Å². The highest BCUT2D eigenvalue weighted by Crippen LogP contribution is 2.24. The van der Waals surface area contributed by atoms with Crippen LogP contribution in [0.3, 0.4) is 0 Å². The van der Waals surface area contributed by atoms with Gasteiger partial charge in [0.15, 0.2) is 5.16 Å². The van der Waals surface area contributed by atoms with Crippen LogP contribution < -0.4 is 11.1 Å². The molecule has 2 heterocycles. The Hall–Kier alpha value is -2.80. The fourth-order valence-corrected chi connectivity index (χ4v) is 3.06. The maximum atomic E-state index is 12.3. The van der Waals surface area contributed by atoms with Gasteiger partial charge in [-0.1, -0.05) is 17.8 Å². The number of amides is 2. The second-order valence-corrected chi connectivity index (χ2v) is 6.54. The van der Waals surface area contributed by atoms with Gasteiger partial charge in [-0.15, -0.1) is 0 Å². The number of rotatable bonds is 5. The number of pyridine rings is 1. The molecule has 0 unspecified atom stereocenters. The van der Waals surface area contributed by atoms with Crippen molar-refractivity contribution in [2.24, 2.45) is 5.73 Å². The van der Waals surface area contributed by atoms with E-state index in [9.17, 15) is 9.59 Å². The van der Waals surface area contributed by atoms with Gasteiger partial charge < -0.3 is 11.1 Å². The number of carbonyl (C=O) groups is 2. The molecule has 0 saturated carbocycles. The molecule has 2 amide bonds. The first kappa shape index (κ1) is 16.1. The number of hydrogen-bond donors (Lipinski definition) is 2. The average molecular weight is 340 g/mol. The third-order valence-electron chi connectivity index (χ3n) is 3.49. The molecule has 6 nitrogen and oxygen atoms in total. The zero-order valence-electron chi connectivity index (χ0n) is 13.0. The molecule has 24 heavy (non-hydrogen) atoms. The Labute approximate surface area is 143 Å². The SMILES string of the molecule is C[C@H](Sc1ncc2ccccn12)C(=O)Nc1ccc(C(N)=O)cc1. The minimum atomic E-state index is -0.497. The van der Waals surface area contributed by atoms with Crippen molar-refractivity contribution < 1.29 is 9.59 Å². The van der Waals surface area contributed by atoms with Crippen LogP contribution in [-0.4, -0.2) is 26.4 Å². The van der Waals surface area contributed by atoms with E-state index >= 15 is 0 Å². The van der Waals surface area contributed by atoms with Gasteiger partial charge in [0.25, 0.3) is 0 Å². The van der Waals surface area contributed by atoms with Crippen molar-refractivity contribution in [2.45, 2.75) is 17.3 Å². The van der Waals surface area contributed by atoms with E-state index in [1.54, 1.807) is 30.5 Å². The second kappa shape index (κ2) is 6.76. The molecule has 0 aliphatic carbocycles. The largest absolute Gasteiger partial charge is 0.366 e. The molecule has 0 spiro atoms. The highest BCUT2D eigenvalue weighted by molar-refractivity contribution is 8.00. The number of primary amides is 1. The van der Waals surface area contributed by atoms with Crippen molar-refractivity contribution >= 4 is 34.8 Å². The number of fused-ring (bicyclic) bond motifs is 1. The summed E-state index contributed by atoms with van der Waals surface area (Å²) in [6, 6.07) is 12.3. The number of imidazole rings is 1. The van der Waals surface area contributed by atoms with Crippen LogP contribution in [0, 0.1) is 0 Å². The third-order valence-corrected chi connectivity index (χ3v) is 4.57. The zero-order valence-corrected chi connectivity index (χ0v) is 13.8. The lowest BCUT2D eigenvalue weighted by molar-refractivity contribution is -0.115. The van der Waals surface area contributed by atoms with Gasteiger partial charge in [-0.25, -0.2) is 4.98 Å². The summed E-state index contributed by atoms with van der Waals surface area (Å²) in [7, 11) is 0. The Morgan fingerprint density at radius 2 is 1.96 bits per heavy atom. The van der Waals surface area contributed by atoms with Crippen molar-refractivity contribution in [1.82, 2.24) is 9.38 Å². The number of nitrogens with two attached hydrogens (primary N) is 1. The predicted octanol–water partition coefficient (Wildman–Crippen LogP) is 2.55. The summed E-state index contributed by atoms with van der Waals surface area (Å²) in [6.45, 7) is 1.82. The van der Waals surface area contributed by atoms with Gasteiger partial charge in [0.2, 0.25) is 11.8 Å². The predicted molar refractivity (Wildman–Crippen MR) is 94.1 cm³/mol. The Morgan fingerprint density at radius 3 is 2.67 bits per heavy atom. The molecule has 0 aliphatic rings. The fraction of sp³-hybridized carbons (Fsp3) is 0.118. The van der Waals surface area contributed by atoms with Crippen LogP contribution in [0.5, 0.6) is 0 Å². The number of anilines is 1. The highest BCUT2D eigenvalue weighted by Gasteiger charge is 2.17. The van der Waals surface area contributed by atoms with Gasteiger partial charge in [-0.3, -0.25) is 14.0 Å². The van der Waals surface area contributed by atoms with Crippen LogP contribution in [0.25, 0.3) is 5.52 Å². The number of carbonyl (C=O) groups excluding carboxylic acids is 2. The van der Waals surface area contributed by atoms with Gasteiger partial charge in [-0.05, 0) is 43.3 Å². The Balaban J connectivity index is 1.67. The first-order chi connectivity index (χ1) is 11.5. The van der Waals surface area contributed by atoms with Crippen molar-refractivity contribution in [3.05, 3.63) is 60.4 Å². The topological polar surface area (TPSA) is 89.5 Å². The smallest absolute Gasteiger partial charge is 0.248 e. The molecule has 3 N–H and O–H groups in total. The van der Waals surface area contributed by atoms with E-state index in [0.29, 0.717) is 11.3 Å². The summed E-state index contributed by atoms with van der Waals surface area (Å²) in [4.78, 5) is 27.7. The van der Waals surface area contributed by atoms with E-state index in [1.807, 2.05) is 35.7 Å². The monoisotopic (exact) mass is 340 g/mol. The van der Waals surface area contributed by atoms with Crippen LogP contribution >= 0.6 is 11.8 Å². The van der Waals surface area contributed by atoms with Gasteiger partial charge >= 0.3 is 0 Å². The van der Waals surface area contributed by atoms with E-state index in [1.165, 1.54) is 11.8 Å². The van der Waals surface area contributed by atoms with Crippen LogP contribution in [0.4, 0.5) is 5.69 Å². The van der Waals surface area contributed by atoms with Crippen molar-refractivity contribution in [3.63, 3.8) is 0 Å². The molecule has 1 aromatic carbocycles. The number of nitrogens with zero attached hydrogens (tertiary/aromatic N) is 2. The van der Waals surface area contributed by atoms with Crippen LogP contribution in [0.15, 0.2) is 60.0 Å². The van der Waals surface area contributed by atoms with Gasteiger partial charge in [-0.2, -0.15) is 0 Å². The quantitative estimate of drug-likeness (QED) is 0.699. The summed E-state index contributed by atoms with van der Waals surface area (Å²) in [6.07, 6.45) is 3.69. The zero-order chi connectivity index (χ0) is 17.1. The average Bonchev–Trinajstić information content (AvgIpc) is 2.98. The number of hydrogen-bond acceptors (Lipinski definition) is 4. The van der Waals surface area contributed by atoms with Crippen LogP contribution in [-0.2, 0) is 4.79 Å². The summed E-state index contributed by atoms with van der Waals surface area (Å²) in [5, 5.41) is 3.25. The molecule has 122 valence electrons. The van der Waals surface area contributed by atoms with Crippen molar-refractivity contribution in [2.75, 3.05) is 5.32 Å². The molecular weight excluding hydrogens is 324 g/mol. The molecule has 7 heteroatoms. The van der Waals surface area contributed by atoms with E-state index in [-0.39, 0.29) is 11.2 Å². The molecule has 0 aliphatic heterocycles. The number of aromatic nitrogens is 2. The maximum absolute atomic E-state index is 12.3. The normalized spacial score (nSPS) is 12.0. The highest BCUT2D eigenvalue weighted by atomic mass is 32.2. The molecule has 1 atom stereocenters. The second-order valence-electron chi connectivity index (χ2n) is 5.23. The molecule has 0 radical (unpaired) electrons. The van der Waals surface area contributed by atoms with Crippen LogP contribution in [0.2, 0.25) is 0 Å². The molecule has 3 rings (SSSR count). The standard InChI is InChI=1S/C17H16N4O2S/c1-11(24-17-19-10-14-4-2-3-9-21(14)17)16(23)20-13-7-5-12(6-8-13)15(18)22/h2-11H,1H3,(H2,18,22)(H,20,23)/t11-/m0/s1. The summed E-state index contributed by atoms with van der Waals surface area (Å²) >= 11 is 1.38. The van der Waals surface area contributed by atoms with Gasteiger partial charge in [0.1, 0.15) is 0 Å². The molecule has 0 bridgehead atoms.